The lowest BCUT2D eigenvalue weighted by Gasteiger charge is -2.13. The van der Waals surface area contributed by atoms with Crippen LogP contribution in [0.5, 0.6) is 0 Å². The van der Waals surface area contributed by atoms with Crippen LogP contribution in [0.15, 0.2) is 76.7 Å². The molecule has 6 rings (SSSR count). The number of carbonyl (C=O) groups excluding carboxylic acids is 1. The fourth-order valence-electron chi connectivity index (χ4n) is 4.88. The second-order valence-corrected chi connectivity index (χ2v) is 9.89. The van der Waals surface area contributed by atoms with Crippen LogP contribution in [0.3, 0.4) is 0 Å². The van der Waals surface area contributed by atoms with E-state index in [-0.39, 0.29) is 17.1 Å². The Balaban J connectivity index is 1.48. The summed E-state index contributed by atoms with van der Waals surface area (Å²) in [6.45, 7) is 5.92. The summed E-state index contributed by atoms with van der Waals surface area (Å²) < 4.78 is 3.48. The molecule has 178 valence electrons. The summed E-state index contributed by atoms with van der Waals surface area (Å²) in [4.78, 5) is 30.2. The molecule has 0 amide bonds. The average Bonchev–Trinajstić information content (AvgIpc) is 3.44. The lowest BCUT2D eigenvalue weighted by molar-refractivity contribution is 0.102. The van der Waals surface area contributed by atoms with Crippen LogP contribution in [0.25, 0.3) is 33.3 Å². The molecule has 0 saturated carbocycles. The second-order valence-electron chi connectivity index (χ2n) is 8.95. The third-order valence-corrected chi connectivity index (χ3v) is 7.42. The minimum absolute atomic E-state index is 0.0127. The summed E-state index contributed by atoms with van der Waals surface area (Å²) >= 11 is 1.32. The molecule has 0 spiro atoms. The Labute approximate surface area is 210 Å². The van der Waals surface area contributed by atoms with Crippen molar-refractivity contribution in [3.63, 3.8) is 0 Å². The van der Waals surface area contributed by atoms with Gasteiger partial charge in [0.15, 0.2) is 10.9 Å². The molecule has 0 radical (unpaired) electrons. The number of benzene rings is 3. The Hall–Kier alpha value is -4.17. The van der Waals surface area contributed by atoms with Crippen molar-refractivity contribution in [2.75, 3.05) is 5.75 Å². The highest BCUT2D eigenvalue weighted by atomic mass is 32.2. The molecule has 3 aromatic carbocycles. The molecule has 6 aromatic rings. The van der Waals surface area contributed by atoms with Crippen molar-refractivity contribution in [1.29, 1.82) is 0 Å². The van der Waals surface area contributed by atoms with E-state index in [0.29, 0.717) is 27.4 Å². The van der Waals surface area contributed by atoms with Crippen LogP contribution in [0.4, 0.5) is 0 Å². The van der Waals surface area contributed by atoms with Crippen LogP contribution in [0, 0.1) is 20.8 Å². The molecule has 0 unspecified atom stereocenters. The fourth-order valence-corrected chi connectivity index (χ4v) is 5.70. The zero-order chi connectivity index (χ0) is 25.0. The molecule has 0 atom stereocenters. The van der Waals surface area contributed by atoms with Crippen molar-refractivity contribution in [3.8, 4) is 5.69 Å². The van der Waals surface area contributed by atoms with Crippen molar-refractivity contribution in [1.82, 2.24) is 24.1 Å². The standard InChI is InChI=1S/C28H23N5O2S/c1-16-12-13-22(17(2)14-16)32-26(35)20-9-5-7-11-23(20)33-27(32)30-31-28(33)36-15-24(34)25-18(3)29-21-10-6-4-8-19(21)25/h4-14,29H,15H2,1-3H3. The molecule has 0 aliphatic carbocycles. The Morgan fingerprint density at radius 3 is 2.50 bits per heavy atom. The summed E-state index contributed by atoms with van der Waals surface area (Å²) in [6.07, 6.45) is 0. The number of aromatic nitrogens is 5. The van der Waals surface area contributed by atoms with Gasteiger partial charge in [0.25, 0.3) is 5.56 Å². The molecule has 7 nitrogen and oxygen atoms in total. The number of rotatable bonds is 5. The number of carbonyl (C=O) groups is 1. The number of aryl methyl sites for hydroxylation is 3. The second kappa shape index (κ2) is 8.49. The third kappa shape index (κ3) is 3.45. The van der Waals surface area contributed by atoms with Gasteiger partial charge >= 0.3 is 0 Å². The molecule has 3 aromatic heterocycles. The summed E-state index contributed by atoms with van der Waals surface area (Å²) in [5, 5.41) is 10.9. The zero-order valence-corrected chi connectivity index (χ0v) is 20.9. The smallest absolute Gasteiger partial charge is 0.267 e. The molecule has 0 aliphatic heterocycles. The van der Waals surface area contributed by atoms with Crippen molar-refractivity contribution < 1.29 is 4.79 Å². The first kappa shape index (κ1) is 22.3. The number of hydrogen-bond acceptors (Lipinski definition) is 5. The molecule has 0 aliphatic rings. The largest absolute Gasteiger partial charge is 0.358 e. The van der Waals surface area contributed by atoms with Gasteiger partial charge in [-0.3, -0.25) is 14.0 Å². The highest BCUT2D eigenvalue weighted by Crippen LogP contribution is 2.27. The monoisotopic (exact) mass is 493 g/mol. The fraction of sp³-hybridized carbons (Fsp3) is 0.143. The highest BCUT2D eigenvalue weighted by Gasteiger charge is 2.21. The van der Waals surface area contributed by atoms with E-state index in [1.54, 1.807) is 4.57 Å². The predicted molar refractivity (Wildman–Crippen MR) is 144 cm³/mol. The maximum Gasteiger partial charge on any atom is 0.267 e. The Bertz CT molecular complexity index is 1880. The number of Topliss-reactive ketones (excluding diaryl/α,β-unsaturated/α-hetero) is 1. The van der Waals surface area contributed by atoms with Gasteiger partial charge in [-0.1, -0.05) is 59.8 Å². The zero-order valence-electron chi connectivity index (χ0n) is 20.1. The van der Waals surface area contributed by atoms with E-state index in [9.17, 15) is 9.59 Å². The molecule has 0 saturated heterocycles. The first-order valence-electron chi connectivity index (χ1n) is 11.6. The number of H-pyrrole nitrogens is 1. The lowest BCUT2D eigenvalue weighted by Crippen LogP contribution is -2.22. The first-order chi connectivity index (χ1) is 17.4. The highest BCUT2D eigenvalue weighted by molar-refractivity contribution is 7.99. The van der Waals surface area contributed by atoms with Gasteiger partial charge in [0.05, 0.1) is 22.3 Å². The Kier molecular flexibility index (Phi) is 5.26. The number of nitrogens with zero attached hydrogens (tertiary/aromatic N) is 4. The number of para-hydroxylation sites is 2. The lowest BCUT2D eigenvalue weighted by atomic mass is 10.1. The number of fused-ring (bicyclic) bond motifs is 4. The topological polar surface area (TPSA) is 85.0 Å². The number of ketones is 1. The van der Waals surface area contributed by atoms with E-state index in [2.05, 4.69) is 15.2 Å². The molecular formula is C28H23N5O2S. The van der Waals surface area contributed by atoms with Gasteiger partial charge in [-0.25, -0.2) is 4.57 Å². The number of aromatic amines is 1. The predicted octanol–water partition coefficient (Wildman–Crippen LogP) is 5.41. The number of hydrogen-bond donors (Lipinski definition) is 1. The summed E-state index contributed by atoms with van der Waals surface area (Å²) in [6, 6.07) is 21.2. The van der Waals surface area contributed by atoms with E-state index in [4.69, 9.17) is 0 Å². The van der Waals surface area contributed by atoms with Gasteiger partial charge < -0.3 is 4.98 Å². The van der Waals surface area contributed by atoms with Crippen LogP contribution in [0.2, 0.25) is 0 Å². The van der Waals surface area contributed by atoms with E-state index in [1.807, 2.05) is 91.9 Å². The minimum atomic E-state index is -0.153. The van der Waals surface area contributed by atoms with Crippen molar-refractivity contribution >= 4 is 45.1 Å². The number of thioether (sulfide) groups is 1. The molecule has 36 heavy (non-hydrogen) atoms. The van der Waals surface area contributed by atoms with E-state index >= 15 is 0 Å². The van der Waals surface area contributed by atoms with Gasteiger partial charge in [0, 0.05) is 22.2 Å². The summed E-state index contributed by atoms with van der Waals surface area (Å²) in [5.41, 5.74) is 5.89. The van der Waals surface area contributed by atoms with Gasteiger partial charge in [-0.05, 0) is 50.6 Å². The summed E-state index contributed by atoms with van der Waals surface area (Å²) in [5.74, 6) is 0.628. The maximum absolute atomic E-state index is 13.6. The van der Waals surface area contributed by atoms with Crippen molar-refractivity contribution in [2.45, 2.75) is 25.9 Å². The SMILES string of the molecule is Cc1ccc(-n2c(=O)c3ccccc3n3c(SCC(=O)c4c(C)[nH]c5ccccc45)nnc23)c(C)c1. The van der Waals surface area contributed by atoms with Crippen molar-refractivity contribution in [2.24, 2.45) is 0 Å². The molecule has 8 heteroatoms. The molecule has 0 fully saturated rings. The minimum Gasteiger partial charge on any atom is -0.358 e. The number of nitrogens with one attached hydrogen (secondary N) is 1. The third-order valence-electron chi connectivity index (χ3n) is 6.49. The van der Waals surface area contributed by atoms with Gasteiger partial charge in [-0.15, -0.1) is 10.2 Å². The van der Waals surface area contributed by atoms with Gasteiger partial charge in [0.1, 0.15) is 0 Å². The first-order valence-corrected chi connectivity index (χ1v) is 12.6. The van der Waals surface area contributed by atoms with Crippen LogP contribution in [-0.4, -0.2) is 35.7 Å². The maximum atomic E-state index is 13.6. The van der Waals surface area contributed by atoms with Crippen LogP contribution in [-0.2, 0) is 0 Å². The Morgan fingerprint density at radius 2 is 1.69 bits per heavy atom. The van der Waals surface area contributed by atoms with Crippen LogP contribution in [0.1, 0.15) is 27.2 Å². The van der Waals surface area contributed by atoms with E-state index < -0.39 is 0 Å². The van der Waals surface area contributed by atoms with Gasteiger partial charge in [0.2, 0.25) is 5.78 Å². The molecule has 1 N–H and O–H groups in total. The summed E-state index contributed by atoms with van der Waals surface area (Å²) in [7, 11) is 0. The Morgan fingerprint density at radius 1 is 0.944 bits per heavy atom. The van der Waals surface area contributed by atoms with Gasteiger partial charge in [-0.2, -0.15) is 0 Å². The average molecular weight is 494 g/mol. The van der Waals surface area contributed by atoms with Crippen LogP contribution < -0.4 is 5.56 Å². The quantitative estimate of drug-likeness (QED) is 0.256. The molecular weight excluding hydrogens is 470 g/mol. The molecule has 0 bridgehead atoms. The van der Waals surface area contributed by atoms with E-state index in [1.165, 1.54) is 11.8 Å². The van der Waals surface area contributed by atoms with Crippen molar-refractivity contribution in [3.05, 3.63) is 99.5 Å². The molecule has 3 heterocycles. The normalized spacial score (nSPS) is 11.6. The van der Waals surface area contributed by atoms with Crippen LogP contribution >= 0.6 is 11.8 Å². The van der Waals surface area contributed by atoms with E-state index in [0.717, 1.165) is 33.4 Å².